The van der Waals surface area contributed by atoms with E-state index in [4.69, 9.17) is 32.7 Å². The second-order valence-electron chi connectivity index (χ2n) is 5.97. The number of nitrogens with zero attached hydrogens (tertiary/aromatic N) is 1. The summed E-state index contributed by atoms with van der Waals surface area (Å²) >= 11 is 11.8. The molecular weight excluding hydrogens is 395 g/mol. The lowest BCUT2D eigenvalue weighted by atomic mass is 10.1. The summed E-state index contributed by atoms with van der Waals surface area (Å²) in [4.78, 5) is 37.9. The van der Waals surface area contributed by atoms with E-state index < -0.39 is 24.3 Å². The third-order valence-corrected chi connectivity index (χ3v) is 4.96. The average Bonchev–Trinajstić information content (AvgIpc) is 3.20. The van der Waals surface area contributed by atoms with Gasteiger partial charge in [0.25, 0.3) is 11.8 Å². The third kappa shape index (κ3) is 3.20. The van der Waals surface area contributed by atoms with Crippen LogP contribution in [0.2, 0.25) is 10.0 Å². The Morgan fingerprint density at radius 2 is 1.63 bits per heavy atom. The molecule has 4 rings (SSSR count). The van der Waals surface area contributed by atoms with Gasteiger partial charge in [0, 0.05) is 6.54 Å². The summed E-state index contributed by atoms with van der Waals surface area (Å²) in [7, 11) is 0. The molecule has 27 heavy (non-hydrogen) atoms. The van der Waals surface area contributed by atoms with E-state index in [0.717, 1.165) is 10.5 Å². The highest BCUT2D eigenvalue weighted by Gasteiger charge is 2.37. The van der Waals surface area contributed by atoms with E-state index in [1.807, 2.05) is 0 Å². The first-order chi connectivity index (χ1) is 12.9. The van der Waals surface area contributed by atoms with Gasteiger partial charge in [0.05, 0.1) is 21.2 Å². The summed E-state index contributed by atoms with van der Waals surface area (Å²) in [5.41, 5.74) is 1.07. The number of ether oxygens (including phenoxy) is 2. The van der Waals surface area contributed by atoms with Crippen LogP contribution in [0.15, 0.2) is 30.3 Å². The average molecular weight is 407 g/mol. The van der Waals surface area contributed by atoms with Crippen molar-refractivity contribution in [3.05, 3.63) is 57.1 Å². The van der Waals surface area contributed by atoms with Gasteiger partial charge in [-0.1, -0.05) is 29.3 Å². The molecule has 0 spiro atoms. The fourth-order valence-electron chi connectivity index (χ4n) is 2.88. The number of hydrogen-bond acceptors (Lipinski definition) is 5. The molecule has 2 aliphatic heterocycles. The molecule has 1 N–H and O–H groups in total. The highest BCUT2D eigenvalue weighted by atomic mass is 35.5. The number of hydrogen-bond donors (Lipinski definition) is 1. The summed E-state index contributed by atoms with van der Waals surface area (Å²) in [6.45, 7) is -0.0125. The smallest absolute Gasteiger partial charge is 0.262 e. The van der Waals surface area contributed by atoms with Gasteiger partial charge in [0.1, 0.15) is 6.54 Å². The Balaban J connectivity index is 1.41. The maximum absolute atomic E-state index is 12.4. The number of imide groups is 1. The molecule has 2 aromatic rings. The van der Waals surface area contributed by atoms with Crippen molar-refractivity contribution >= 4 is 40.9 Å². The largest absolute Gasteiger partial charge is 0.454 e. The SMILES string of the molecule is O=C(CN1C(=O)c2cc(Cl)c(Cl)cc2C1=O)NCc1ccc2c(c1)OCO2. The summed E-state index contributed by atoms with van der Waals surface area (Å²) in [5, 5.41) is 3.02. The maximum Gasteiger partial charge on any atom is 0.262 e. The normalized spacial score (nSPS) is 14.5. The van der Waals surface area contributed by atoms with E-state index in [2.05, 4.69) is 5.32 Å². The Labute approximate surface area is 163 Å². The second kappa shape index (κ2) is 6.75. The van der Waals surface area contributed by atoms with Crippen LogP contribution < -0.4 is 14.8 Å². The van der Waals surface area contributed by atoms with Gasteiger partial charge in [0.2, 0.25) is 12.7 Å². The highest BCUT2D eigenvalue weighted by molar-refractivity contribution is 6.43. The van der Waals surface area contributed by atoms with Crippen LogP contribution in [0.1, 0.15) is 26.3 Å². The molecule has 0 saturated carbocycles. The first-order valence-electron chi connectivity index (χ1n) is 7.94. The molecule has 2 aliphatic rings. The summed E-state index contributed by atoms with van der Waals surface area (Å²) in [5.74, 6) is -0.373. The monoisotopic (exact) mass is 406 g/mol. The lowest BCUT2D eigenvalue weighted by Gasteiger charge is -2.13. The Kier molecular flexibility index (Phi) is 4.41. The second-order valence-corrected chi connectivity index (χ2v) is 6.79. The Hall–Kier alpha value is -2.77. The standard InChI is InChI=1S/C18H12Cl2N2O5/c19-12-4-10-11(5-13(12)20)18(25)22(17(10)24)7-16(23)21-6-9-1-2-14-15(3-9)27-8-26-14/h1-5H,6-8H2,(H,21,23). The maximum atomic E-state index is 12.4. The molecule has 2 heterocycles. The molecule has 0 unspecified atom stereocenters. The fourth-order valence-corrected chi connectivity index (χ4v) is 3.21. The third-order valence-electron chi connectivity index (χ3n) is 4.24. The molecule has 7 nitrogen and oxygen atoms in total. The van der Waals surface area contributed by atoms with Crippen LogP contribution in [0, 0.1) is 0 Å². The Morgan fingerprint density at radius 1 is 1.00 bits per heavy atom. The van der Waals surface area contributed by atoms with E-state index in [9.17, 15) is 14.4 Å². The van der Waals surface area contributed by atoms with E-state index in [1.165, 1.54) is 12.1 Å². The first-order valence-corrected chi connectivity index (χ1v) is 8.70. The van der Waals surface area contributed by atoms with Crippen LogP contribution in [0.25, 0.3) is 0 Å². The van der Waals surface area contributed by atoms with Gasteiger partial charge in [-0.3, -0.25) is 19.3 Å². The number of nitrogens with one attached hydrogen (secondary N) is 1. The van der Waals surface area contributed by atoms with Gasteiger partial charge < -0.3 is 14.8 Å². The molecule has 3 amide bonds. The minimum Gasteiger partial charge on any atom is -0.454 e. The fraction of sp³-hybridized carbons (Fsp3) is 0.167. The van der Waals surface area contributed by atoms with Gasteiger partial charge in [-0.2, -0.15) is 0 Å². The van der Waals surface area contributed by atoms with E-state index in [-0.39, 0.29) is 34.5 Å². The predicted molar refractivity (Wildman–Crippen MR) is 96.2 cm³/mol. The minimum atomic E-state index is -0.577. The van der Waals surface area contributed by atoms with Crippen LogP contribution in [-0.2, 0) is 11.3 Å². The number of benzene rings is 2. The summed E-state index contributed by atoms with van der Waals surface area (Å²) in [6, 6.07) is 7.98. The summed E-state index contributed by atoms with van der Waals surface area (Å²) < 4.78 is 10.5. The van der Waals surface area contributed by atoms with Crippen molar-refractivity contribution in [2.75, 3.05) is 13.3 Å². The number of carbonyl (C=O) groups is 3. The van der Waals surface area contributed by atoms with Gasteiger partial charge in [-0.05, 0) is 29.8 Å². The summed E-state index contributed by atoms with van der Waals surface area (Å²) in [6.07, 6.45) is 0. The lowest BCUT2D eigenvalue weighted by molar-refractivity contribution is -0.121. The van der Waals surface area contributed by atoms with E-state index in [0.29, 0.717) is 11.5 Å². The molecule has 0 atom stereocenters. The van der Waals surface area contributed by atoms with Crippen molar-refractivity contribution in [2.24, 2.45) is 0 Å². The van der Waals surface area contributed by atoms with Gasteiger partial charge in [0.15, 0.2) is 11.5 Å². The van der Waals surface area contributed by atoms with Crippen molar-refractivity contribution in [3.63, 3.8) is 0 Å². The molecule has 0 saturated heterocycles. The molecule has 9 heteroatoms. The zero-order chi connectivity index (χ0) is 19.1. The van der Waals surface area contributed by atoms with Crippen molar-refractivity contribution in [2.45, 2.75) is 6.54 Å². The van der Waals surface area contributed by atoms with Crippen molar-refractivity contribution in [3.8, 4) is 11.5 Å². The molecule has 2 aromatic carbocycles. The zero-order valence-electron chi connectivity index (χ0n) is 13.8. The van der Waals surface area contributed by atoms with E-state index >= 15 is 0 Å². The zero-order valence-corrected chi connectivity index (χ0v) is 15.3. The van der Waals surface area contributed by atoms with Crippen LogP contribution >= 0.6 is 23.2 Å². The molecular formula is C18H12Cl2N2O5. The van der Waals surface area contributed by atoms with E-state index in [1.54, 1.807) is 18.2 Å². The quantitative estimate of drug-likeness (QED) is 0.788. The molecule has 0 aromatic heterocycles. The van der Waals surface area contributed by atoms with Crippen LogP contribution in [0.3, 0.4) is 0 Å². The molecule has 0 radical (unpaired) electrons. The van der Waals surface area contributed by atoms with Crippen LogP contribution in [0.4, 0.5) is 0 Å². The Morgan fingerprint density at radius 3 is 2.30 bits per heavy atom. The highest BCUT2D eigenvalue weighted by Crippen LogP contribution is 2.33. The number of amides is 3. The minimum absolute atomic E-state index is 0.137. The number of carbonyl (C=O) groups excluding carboxylic acids is 3. The van der Waals surface area contributed by atoms with Gasteiger partial charge in [-0.15, -0.1) is 0 Å². The molecule has 0 fully saturated rings. The van der Waals surface area contributed by atoms with Gasteiger partial charge >= 0.3 is 0 Å². The molecule has 0 bridgehead atoms. The van der Waals surface area contributed by atoms with Crippen LogP contribution in [-0.4, -0.2) is 36.0 Å². The van der Waals surface area contributed by atoms with Crippen molar-refractivity contribution in [1.29, 1.82) is 0 Å². The topological polar surface area (TPSA) is 84.9 Å². The number of fused-ring (bicyclic) bond motifs is 2. The van der Waals surface area contributed by atoms with Crippen molar-refractivity contribution < 1.29 is 23.9 Å². The predicted octanol–water partition coefficient (Wildman–Crippen LogP) is 2.63. The molecule has 138 valence electrons. The van der Waals surface area contributed by atoms with Crippen LogP contribution in [0.5, 0.6) is 11.5 Å². The number of rotatable bonds is 4. The number of halogens is 2. The Bertz CT molecular complexity index is 951. The van der Waals surface area contributed by atoms with Crippen molar-refractivity contribution in [1.82, 2.24) is 10.2 Å². The first kappa shape index (κ1) is 17.6. The molecule has 0 aliphatic carbocycles. The lowest BCUT2D eigenvalue weighted by Crippen LogP contribution is -2.40. The van der Waals surface area contributed by atoms with Gasteiger partial charge in [-0.25, -0.2) is 0 Å².